The number of benzene rings is 1. The predicted octanol–water partition coefficient (Wildman–Crippen LogP) is 2.50. The van der Waals surface area contributed by atoms with Gasteiger partial charge in [0.2, 0.25) is 0 Å². The fraction of sp³-hybridized carbons (Fsp3) is 0.389. The maximum atomic E-state index is 5.93. The van der Waals surface area contributed by atoms with Crippen molar-refractivity contribution >= 4 is 22.9 Å². The summed E-state index contributed by atoms with van der Waals surface area (Å²) in [6.45, 7) is 6.16. The van der Waals surface area contributed by atoms with Crippen LogP contribution in [0.4, 0.5) is 11.8 Å². The number of oxazole rings is 1. The molecular formula is C18H19N5O. The van der Waals surface area contributed by atoms with Crippen molar-refractivity contribution in [3.63, 3.8) is 0 Å². The van der Waals surface area contributed by atoms with E-state index in [9.17, 15) is 0 Å². The number of aromatic nitrogens is 3. The highest BCUT2D eigenvalue weighted by molar-refractivity contribution is 5.74. The highest BCUT2D eigenvalue weighted by Crippen LogP contribution is 2.36. The molecule has 2 fully saturated rings. The molecule has 2 unspecified atom stereocenters. The minimum atomic E-state index is 0.634. The third-order valence-electron chi connectivity index (χ3n) is 5.21. The third-order valence-corrected chi connectivity index (χ3v) is 5.21. The predicted molar refractivity (Wildman–Crippen MR) is 92.2 cm³/mol. The van der Waals surface area contributed by atoms with Crippen LogP contribution in [-0.4, -0.2) is 41.1 Å². The van der Waals surface area contributed by atoms with Crippen LogP contribution in [0.1, 0.15) is 5.56 Å². The summed E-state index contributed by atoms with van der Waals surface area (Å²) < 4.78 is 5.93. The number of rotatable bonds is 2. The van der Waals surface area contributed by atoms with Crippen LogP contribution in [0.25, 0.3) is 11.1 Å². The van der Waals surface area contributed by atoms with E-state index in [-0.39, 0.29) is 0 Å². The van der Waals surface area contributed by atoms with Crippen molar-refractivity contribution in [1.29, 1.82) is 0 Å². The summed E-state index contributed by atoms with van der Waals surface area (Å²) in [5.74, 6) is 2.34. The first-order chi connectivity index (χ1) is 11.8. The molecular weight excluding hydrogens is 302 g/mol. The average molecular weight is 321 g/mol. The molecule has 2 aliphatic heterocycles. The van der Waals surface area contributed by atoms with Crippen molar-refractivity contribution in [2.75, 3.05) is 36.0 Å². The van der Waals surface area contributed by atoms with Gasteiger partial charge in [-0.2, -0.15) is 4.98 Å². The molecule has 2 aliphatic rings. The van der Waals surface area contributed by atoms with Gasteiger partial charge in [0.15, 0.2) is 5.58 Å². The topological polar surface area (TPSA) is 58.3 Å². The van der Waals surface area contributed by atoms with E-state index in [4.69, 9.17) is 4.42 Å². The summed E-state index contributed by atoms with van der Waals surface area (Å²) >= 11 is 0. The van der Waals surface area contributed by atoms with Gasteiger partial charge in [0.05, 0.1) is 0 Å². The zero-order valence-corrected chi connectivity index (χ0v) is 13.6. The molecule has 2 aromatic heterocycles. The Morgan fingerprint density at radius 1 is 1.04 bits per heavy atom. The molecule has 6 nitrogen and oxygen atoms in total. The smallest absolute Gasteiger partial charge is 0.298 e. The number of hydrogen-bond acceptors (Lipinski definition) is 6. The Hall–Kier alpha value is -2.63. The normalized spacial score (nSPS) is 23.2. The largest absolute Gasteiger partial charge is 0.423 e. The molecule has 3 aromatic rings. The summed E-state index contributed by atoms with van der Waals surface area (Å²) in [6.07, 6.45) is 3.53. The zero-order chi connectivity index (χ0) is 16.1. The molecule has 5 rings (SSSR count). The molecule has 6 heteroatoms. The van der Waals surface area contributed by atoms with E-state index in [2.05, 4.69) is 31.7 Å². The monoisotopic (exact) mass is 321 g/mol. The van der Waals surface area contributed by atoms with E-state index in [0.29, 0.717) is 11.8 Å². The molecule has 24 heavy (non-hydrogen) atoms. The Morgan fingerprint density at radius 2 is 1.79 bits per heavy atom. The van der Waals surface area contributed by atoms with E-state index < -0.39 is 0 Å². The van der Waals surface area contributed by atoms with Gasteiger partial charge >= 0.3 is 0 Å². The Morgan fingerprint density at radius 3 is 2.54 bits per heavy atom. The van der Waals surface area contributed by atoms with E-state index in [0.717, 1.165) is 54.7 Å². The maximum absolute atomic E-state index is 5.93. The van der Waals surface area contributed by atoms with Crippen molar-refractivity contribution in [3.05, 3.63) is 42.4 Å². The minimum Gasteiger partial charge on any atom is -0.423 e. The lowest BCUT2D eigenvalue weighted by atomic mass is 10.0. The van der Waals surface area contributed by atoms with E-state index in [1.807, 2.05) is 30.5 Å². The summed E-state index contributed by atoms with van der Waals surface area (Å²) in [7, 11) is 0. The van der Waals surface area contributed by atoms with Crippen LogP contribution >= 0.6 is 0 Å². The van der Waals surface area contributed by atoms with Crippen LogP contribution in [0, 0.1) is 18.8 Å². The van der Waals surface area contributed by atoms with Gasteiger partial charge in [-0.25, -0.2) is 9.97 Å². The van der Waals surface area contributed by atoms with Crippen molar-refractivity contribution in [1.82, 2.24) is 15.0 Å². The fourth-order valence-corrected chi connectivity index (χ4v) is 4.04. The SMILES string of the molecule is Cc1cncnc1N1CC2CN(c3nc4ccccc4o3)CC2C1. The summed E-state index contributed by atoms with van der Waals surface area (Å²) in [5, 5.41) is 0. The van der Waals surface area contributed by atoms with E-state index >= 15 is 0 Å². The molecule has 2 atom stereocenters. The van der Waals surface area contributed by atoms with Crippen molar-refractivity contribution < 1.29 is 4.42 Å². The van der Waals surface area contributed by atoms with Gasteiger partial charge in [-0.1, -0.05) is 12.1 Å². The van der Waals surface area contributed by atoms with Gasteiger partial charge in [-0.15, -0.1) is 0 Å². The molecule has 0 saturated carbocycles. The molecule has 0 aliphatic carbocycles. The molecule has 0 amide bonds. The molecule has 4 heterocycles. The second-order valence-corrected chi connectivity index (χ2v) is 6.82. The minimum absolute atomic E-state index is 0.634. The number of aryl methyl sites for hydroxylation is 1. The molecule has 0 spiro atoms. The summed E-state index contributed by atoms with van der Waals surface area (Å²) in [4.78, 5) is 17.9. The number of fused-ring (bicyclic) bond motifs is 2. The maximum Gasteiger partial charge on any atom is 0.298 e. The number of anilines is 2. The quantitative estimate of drug-likeness (QED) is 0.723. The van der Waals surface area contributed by atoms with Crippen LogP contribution in [-0.2, 0) is 0 Å². The van der Waals surface area contributed by atoms with Crippen LogP contribution in [0.3, 0.4) is 0 Å². The second kappa shape index (κ2) is 5.19. The molecule has 2 saturated heterocycles. The zero-order valence-electron chi connectivity index (χ0n) is 13.6. The van der Waals surface area contributed by atoms with E-state index in [1.54, 1.807) is 6.33 Å². The number of hydrogen-bond donors (Lipinski definition) is 0. The van der Waals surface area contributed by atoms with Crippen LogP contribution < -0.4 is 9.80 Å². The lowest BCUT2D eigenvalue weighted by molar-refractivity contribution is 0.533. The Bertz CT molecular complexity index is 845. The van der Waals surface area contributed by atoms with Gasteiger partial charge in [-0.05, 0) is 19.1 Å². The summed E-state index contributed by atoms with van der Waals surface area (Å²) in [6, 6.07) is 8.71. The molecule has 1 aromatic carbocycles. The first kappa shape index (κ1) is 13.8. The number of nitrogens with zero attached hydrogens (tertiary/aromatic N) is 5. The molecule has 122 valence electrons. The second-order valence-electron chi connectivity index (χ2n) is 6.82. The van der Waals surface area contributed by atoms with Gasteiger partial charge in [0, 0.05) is 49.8 Å². The highest BCUT2D eigenvalue weighted by Gasteiger charge is 2.42. The average Bonchev–Trinajstić information content (AvgIpc) is 3.27. The van der Waals surface area contributed by atoms with Gasteiger partial charge in [0.25, 0.3) is 6.01 Å². The van der Waals surface area contributed by atoms with Crippen molar-refractivity contribution in [2.45, 2.75) is 6.92 Å². The Labute approximate surface area is 140 Å². The van der Waals surface area contributed by atoms with Gasteiger partial charge < -0.3 is 14.2 Å². The van der Waals surface area contributed by atoms with E-state index in [1.165, 1.54) is 0 Å². The molecule has 0 N–H and O–H groups in total. The lowest BCUT2D eigenvalue weighted by Gasteiger charge is -2.22. The summed E-state index contributed by atoms with van der Waals surface area (Å²) in [5.41, 5.74) is 2.94. The number of para-hydroxylation sites is 2. The first-order valence-corrected chi connectivity index (χ1v) is 8.40. The standard InChI is InChI=1S/C18H19N5O/c1-12-6-19-11-20-17(12)22-7-13-9-23(10-14(13)8-22)18-21-15-4-2-3-5-16(15)24-18/h2-6,11,13-14H,7-10H2,1H3. The molecule has 0 radical (unpaired) electrons. The van der Waals surface area contributed by atoms with Crippen LogP contribution in [0.5, 0.6) is 0 Å². The fourth-order valence-electron chi connectivity index (χ4n) is 4.04. The van der Waals surface area contributed by atoms with Crippen molar-refractivity contribution in [3.8, 4) is 0 Å². The van der Waals surface area contributed by atoms with Crippen LogP contribution in [0.15, 0.2) is 41.2 Å². The van der Waals surface area contributed by atoms with Gasteiger partial charge in [-0.3, -0.25) is 0 Å². The van der Waals surface area contributed by atoms with Crippen LogP contribution in [0.2, 0.25) is 0 Å². The van der Waals surface area contributed by atoms with Gasteiger partial charge in [0.1, 0.15) is 17.7 Å². The Kier molecular flexibility index (Phi) is 2.98. The molecule has 0 bridgehead atoms. The highest BCUT2D eigenvalue weighted by atomic mass is 16.4. The lowest BCUT2D eigenvalue weighted by Crippen LogP contribution is -2.29. The third kappa shape index (κ3) is 2.13. The Balaban J connectivity index is 1.34. The van der Waals surface area contributed by atoms with Crippen molar-refractivity contribution in [2.24, 2.45) is 11.8 Å². The first-order valence-electron chi connectivity index (χ1n) is 8.40.